The van der Waals surface area contributed by atoms with Crippen molar-refractivity contribution in [2.24, 2.45) is 0 Å². The van der Waals surface area contributed by atoms with Crippen LogP contribution < -0.4 is 0 Å². The molecular formula is C12H7BrN2O. The van der Waals surface area contributed by atoms with Gasteiger partial charge in [-0.25, -0.2) is 9.97 Å². The first kappa shape index (κ1) is 9.54. The first-order valence-corrected chi connectivity index (χ1v) is 5.58. The molecule has 0 unspecified atom stereocenters. The molecule has 0 aliphatic rings. The van der Waals surface area contributed by atoms with E-state index in [9.17, 15) is 5.11 Å². The molecule has 0 bridgehead atoms. The van der Waals surface area contributed by atoms with Crippen LogP contribution in [-0.4, -0.2) is 15.1 Å². The molecule has 2 aromatic carbocycles. The van der Waals surface area contributed by atoms with Gasteiger partial charge in [-0.2, -0.15) is 0 Å². The van der Waals surface area contributed by atoms with Crippen LogP contribution in [0.5, 0.6) is 5.75 Å². The summed E-state index contributed by atoms with van der Waals surface area (Å²) in [6, 6.07) is 10.9. The minimum absolute atomic E-state index is 0.159. The van der Waals surface area contributed by atoms with Crippen LogP contribution in [0.2, 0.25) is 0 Å². The average Bonchev–Trinajstić information content (AvgIpc) is 2.28. The van der Waals surface area contributed by atoms with E-state index >= 15 is 0 Å². The minimum atomic E-state index is 0.159. The van der Waals surface area contributed by atoms with Crippen molar-refractivity contribution in [1.82, 2.24) is 9.97 Å². The third-order valence-corrected chi connectivity index (χ3v) is 2.90. The fourth-order valence-corrected chi connectivity index (χ4v) is 2.00. The lowest BCUT2D eigenvalue weighted by molar-refractivity contribution is 0.480. The Morgan fingerprint density at radius 1 is 0.938 bits per heavy atom. The number of phenols is 1. The monoisotopic (exact) mass is 274 g/mol. The molecule has 3 rings (SSSR count). The Labute approximate surface area is 99.9 Å². The summed E-state index contributed by atoms with van der Waals surface area (Å²) in [7, 11) is 0. The zero-order valence-corrected chi connectivity index (χ0v) is 9.77. The van der Waals surface area contributed by atoms with Crippen LogP contribution in [0.3, 0.4) is 0 Å². The summed E-state index contributed by atoms with van der Waals surface area (Å²) < 4.78 is 0.948. The fraction of sp³-hybridized carbons (Fsp3) is 0. The second-order valence-electron chi connectivity index (χ2n) is 3.50. The second kappa shape index (κ2) is 3.42. The van der Waals surface area contributed by atoms with E-state index in [1.807, 2.05) is 24.3 Å². The highest BCUT2D eigenvalue weighted by Crippen LogP contribution is 2.24. The number of aromatic hydroxyl groups is 1. The molecular weight excluding hydrogens is 268 g/mol. The van der Waals surface area contributed by atoms with Gasteiger partial charge in [0.15, 0.2) is 0 Å². The summed E-state index contributed by atoms with van der Waals surface area (Å²) in [6.45, 7) is 0. The molecule has 0 aliphatic carbocycles. The van der Waals surface area contributed by atoms with Crippen molar-refractivity contribution in [2.45, 2.75) is 0 Å². The predicted octanol–water partition coefficient (Wildman–Crippen LogP) is 3.25. The lowest BCUT2D eigenvalue weighted by Crippen LogP contribution is -1.87. The van der Waals surface area contributed by atoms with Gasteiger partial charge < -0.3 is 5.11 Å². The molecule has 0 aliphatic heterocycles. The van der Waals surface area contributed by atoms with Crippen molar-refractivity contribution >= 4 is 38.0 Å². The lowest BCUT2D eigenvalue weighted by atomic mass is 10.2. The van der Waals surface area contributed by atoms with Crippen LogP contribution in [-0.2, 0) is 0 Å². The van der Waals surface area contributed by atoms with Gasteiger partial charge in [0, 0.05) is 4.47 Å². The van der Waals surface area contributed by atoms with Crippen molar-refractivity contribution in [3.05, 3.63) is 40.9 Å². The average molecular weight is 275 g/mol. The normalized spacial score (nSPS) is 11.1. The minimum Gasteiger partial charge on any atom is -0.506 e. The number of para-hydroxylation sites is 1. The van der Waals surface area contributed by atoms with Gasteiger partial charge in [0.25, 0.3) is 0 Å². The van der Waals surface area contributed by atoms with Crippen molar-refractivity contribution in [3.8, 4) is 5.75 Å². The summed E-state index contributed by atoms with van der Waals surface area (Å²) in [5.74, 6) is 0.159. The van der Waals surface area contributed by atoms with Gasteiger partial charge >= 0.3 is 0 Å². The highest BCUT2D eigenvalue weighted by Gasteiger charge is 2.04. The quantitative estimate of drug-likeness (QED) is 0.640. The first-order valence-electron chi connectivity index (χ1n) is 4.79. The van der Waals surface area contributed by atoms with E-state index in [1.165, 1.54) is 0 Å². The predicted molar refractivity (Wildman–Crippen MR) is 66.4 cm³/mol. The van der Waals surface area contributed by atoms with Crippen LogP contribution in [0, 0.1) is 0 Å². The lowest BCUT2D eigenvalue weighted by Gasteiger charge is -2.02. The van der Waals surface area contributed by atoms with E-state index in [4.69, 9.17) is 0 Å². The molecule has 0 radical (unpaired) electrons. The maximum absolute atomic E-state index is 9.69. The highest BCUT2D eigenvalue weighted by atomic mass is 79.9. The Morgan fingerprint density at radius 2 is 1.81 bits per heavy atom. The molecule has 1 aromatic heterocycles. The molecule has 1 heterocycles. The van der Waals surface area contributed by atoms with Gasteiger partial charge in [-0.1, -0.05) is 22.0 Å². The smallest absolute Gasteiger partial charge is 0.143 e. The molecule has 3 aromatic rings. The molecule has 1 N–H and O–H groups in total. The summed E-state index contributed by atoms with van der Waals surface area (Å²) in [5, 5.41) is 9.69. The Balaban J connectivity index is 2.49. The Bertz CT molecular complexity index is 697. The number of nitrogens with zero attached hydrogens (tertiary/aromatic N) is 2. The third-order valence-electron chi connectivity index (χ3n) is 2.40. The van der Waals surface area contributed by atoms with Gasteiger partial charge in [-0.15, -0.1) is 0 Å². The molecule has 16 heavy (non-hydrogen) atoms. The van der Waals surface area contributed by atoms with Crippen molar-refractivity contribution < 1.29 is 5.11 Å². The molecule has 0 amide bonds. The maximum atomic E-state index is 9.69. The van der Waals surface area contributed by atoms with Gasteiger partial charge in [0.1, 0.15) is 11.3 Å². The summed E-state index contributed by atoms with van der Waals surface area (Å²) in [6.07, 6.45) is 0. The SMILES string of the molecule is Oc1cccc2nc3ccc(Br)cc3nc12. The standard InChI is InChI=1S/C12H7BrN2O/c13-7-4-5-8-10(6-7)15-12-9(14-8)2-1-3-11(12)16/h1-6,16H. The number of benzene rings is 2. The van der Waals surface area contributed by atoms with E-state index in [0.29, 0.717) is 11.0 Å². The molecule has 0 atom stereocenters. The Kier molecular flexibility index (Phi) is 2.04. The Morgan fingerprint density at radius 3 is 2.69 bits per heavy atom. The van der Waals surface area contributed by atoms with E-state index in [-0.39, 0.29) is 5.75 Å². The largest absolute Gasteiger partial charge is 0.506 e. The van der Waals surface area contributed by atoms with Crippen LogP contribution >= 0.6 is 15.9 Å². The number of hydrogen-bond donors (Lipinski definition) is 1. The summed E-state index contributed by atoms with van der Waals surface area (Å²) >= 11 is 3.38. The Hall–Kier alpha value is -1.68. The topological polar surface area (TPSA) is 46.0 Å². The van der Waals surface area contributed by atoms with Crippen molar-refractivity contribution in [2.75, 3.05) is 0 Å². The van der Waals surface area contributed by atoms with Gasteiger partial charge in [-0.3, -0.25) is 0 Å². The molecule has 78 valence electrons. The number of rotatable bonds is 0. The molecule has 0 saturated heterocycles. The number of hydrogen-bond acceptors (Lipinski definition) is 3. The van der Waals surface area contributed by atoms with E-state index in [2.05, 4.69) is 25.9 Å². The zero-order chi connectivity index (χ0) is 11.1. The van der Waals surface area contributed by atoms with E-state index in [1.54, 1.807) is 12.1 Å². The number of fused-ring (bicyclic) bond motifs is 2. The van der Waals surface area contributed by atoms with Crippen LogP contribution in [0.15, 0.2) is 40.9 Å². The molecule has 3 nitrogen and oxygen atoms in total. The summed E-state index contributed by atoms with van der Waals surface area (Å²) in [5.41, 5.74) is 2.83. The van der Waals surface area contributed by atoms with Gasteiger partial charge in [0.05, 0.1) is 16.6 Å². The second-order valence-corrected chi connectivity index (χ2v) is 4.42. The molecule has 0 spiro atoms. The zero-order valence-electron chi connectivity index (χ0n) is 8.18. The van der Waals surface area contributed by atoms with Crippen LogP contribution in [0.1, 0.15) is 0 Å². The van der Waals surface area contributed by atoms with E-state index < -0.39 is 0 Å². The number of halogens is 1. The molecule has 0 saturated carbocycles. The molecule has 0 fully saturated rings. The summed E-state index contributed by atoms with van der Waals surface area (Å²) in [4.78, 5) is 8.83. The number of phenolic OH excluding ortho intramolecular Hbond substituents is 1. The first-order chi connectivity index (χ1) is 7.74. The molecule has 4 heteroatoms. The third kappa shape index (κ3) is 1.42. The maximum Gasteiger partial charge on any atom is 0.143 e. The van der Waals surface area contributed by atoms with Crippen LogP contribution in [0.25, 0.3) is 22.1 Å². The van der Waals surface area contributed by atoms with Gasteiger partial charge in [-0.05, 0) is 30.3 Å². The van der Waals surface area contributed by atoms with E-state index in [0.717, 1.165) is 15.5 Å². The van der Waals surface area contributed by atoms with Crippen molar-refractivity contribution in [3.63, 3.8) is 0 Å². The fourth-order valence-electron chi connectivity index (χ4n) is 1.66. The highest BCUT2D eigenvalue weighted by molar-refractivity contribution is 9.10. The van der Waals surface area contributed by atoms with Crippen molar-refractivity contribution in [1.29, 1.82) is 0 Å². The number of aromatic nitrogens is 2. The van der Waals surface area contributed by atoms with Crippen LogP contribution in [0.4, 0.5) is 0 Å². The van der Waals surface area contributed by atoms with Gasteiger partial charge in [0.2, 0.25) is 0 Å².